The summed E-state index contributed by atoms with van der Waals surface area (Å²) in [5.41, 5.74) is 6.09. The molecule has 2 rings (SSSR count). The minimum atomic E-state index is 0.0957. The molecule has 1 saturated carbocycles. The first-order valence-corrected chi connectivity index (χ1v) is 7.05. The number of hydrogen-bond acceptors (Lipinski definition) is 4. The zero-order valence-corrected chi connectivity index (χ0v) is 11.0. The van der Waals surface area contributed by atoms with Gasteiger partial charge in [-0.05, 0) is 32.1 Å². The lowest BCUT2D eigenvalue weighted by atomic mass is 9.96. The Kier molecular flexibility index (Phi) is 4.42. The van der Waals surface area contributed by atoms with Crippen molar-refractivity contribution in [1.82, 2.24) is 10.2 Å². The molecule has 1 saturated heterocycles. The Bertz CT molecular complexity index is 245. The normalized spacial score (nSPS) is 31.9. The average molecular weight is 241 g/mol. The SMILES string of the molecule is CCC(CCO)NC1(CN)CCN(C2CC2)C1. The second kappa shape index (κ2) is 5.65. The van der Waals surface area contributed by atoms with Crippen molar-refractivity contribution in [2.45, 2.75) is 56.7 Å². The van der Waals surface area contributed by atoms with E-state index in [4.69, 9.17) is 10.8 Å². The molecule has 0 aromatic carbocycles. The molecule has 0 bridgehead atoms. The monoisotopic (exact) mass is 241 g/mol. The van der Waals surface area contributed by atoms with Gasteiger partial charge < -0.3 is 16.2 Å². The number of hydrogen-bond donors (Lipinski definition) is 3. The molecule has 0 amide bonds. The number of nitrogens with one attached hydrogen (secondary N) is 1. The van der Waals surface area contributed by atoms with Crippen molar-refractivity contribution in [3.63, 3.8) is 0 Å². The molecule has 0 radical (unpaired) electrons. The predicted octanol–water partition coefficient (Wildman–Crippen LogP) is 0.303. The Morgan fingerprint density at radius 3 is 2.82 bits per heavy atom. The van der Waals surface area contributed by atoms with Crippen molar-refractivity contribution in [3.8, 4) is 0 Å². The van der Waals surface area contributed by atoms with E-state index in [2.05, 4.69) is 17.1 Å². The number of likely N-dealkylation sites (tertiary alicyclic amines) is 1. The van der Waals surface area contributed by atoms with Gasteiger partial charge in [-0.2, -0.15) is 0 Å². The van der Waals surface area contributed by atoms with Crippen LogP contribution in [0.15, 0.2) is 0 Å². The molecule has 0 spiro atoms. The predicted molar refractivity (Wildman–Crippen MR) is 69.9 cm³/mol. The molecule has 2 atom stereocenters. The van der Waals surface area contributed by atoms with Crippen molar-refractivity contribution >= 4 is 0 Å². The summed E-state index contributed by atoms with van der Waals surface area (Å²) in [6.45, 7) is 5.42. The first-order chi connectivity index (χ1) is 8.23. The van der Waals surface area contributed by atoms with Crippen LogP contribution in [-0.2, 0) is 0 Å². The summed E-state index contributed by atoms with van der Waals surface area (Å²) in [6, 6.07) is 1.24. The summed E-state index contributed by atoms with van der Waals surface area (Å²) in [5.74, 6) is 0. The topological polar surface area (TPSA) is 61.5 Å². The maximum absolute atomic E-state index is 9.07. The number of nitrogens with two attached hydrogens (primary N) is 1. The van der Waals surface area contributed by atoms with Crippen LogP contribution < -0.4 is 11.1 Å². The van der Waals surface area contributed by atoms with E-state index in [9.17, 15) is 0 Å². The summed E-state index contributed by atoms with van der Waals surface area (Å²) in [5, 5.41) is 12.8. The highest BCUT2D eigenvalue weighted by Crippen LogP contribution is 2.33. The molecular formula is C13H27N3O. The van der Waals surface area contributed by atoms with E-state index in [1.54, 1.807) is 0 Å². The lowest BCUT2D eigenvalue weighted by Gasteiger charge is -2.34. The smallest absolute Gasteiger partial charge is 0.0447 e. The van der Waals surface area contributed by atoms with Crippen LogP contribution in [0.4, 0.5) is 0 Å². The van der Waals surface area contributed by atoms with Gasteiger partial charge in [0.15, 0.2) is 0 Å². The van der Waals surface area contributed by atoms with Crippen molar-refractivity contribution < 1.29 is 5.11 Å². The van der Waals surface area contributed by atoms with Crippen molar-refractivity contribution in [2.75, 3.05) is 26.2 Å². The van der Waals surface area contributed by atoms with Gasteiger partial charge in [0, 0.05) is 43.9 Å². The first-order valence-electron chi connectivity index (χ1n) is 7.05. The van der Waals surface area contributed by atoms with E-state index in [1.807, 2.05) is 0 Å². The van der Waals surface area contributed by atoms with Crippen LogP contribution >= 0.6 is 0 Å². The molecule has 4 N–H and O–H groups in total. The number of aliphatic hydroxyl groups excluding tert-OH is 1. The molecular weight excluding hydrogens is 214 g/mol. The van der Waals surface area contributed by atoms with Crippen LogP contribution in [0.25, 0.3) is 0 Å². The number of aliphatic hydroxyl groups is 1. The molecule has 1 aliphatic heterocycles. The Balaban J connectivity index is 1.90. The molecule has 1 aliphatic carbocycles. The van der Waals surface area contributed by atoms with Gasteiger partial charge in [0.2, 0.25) is 0 Å². The van der Waals surface area contributed by atoms with Crippen molar-refractivity contribution in [2.24, 2.45) is 5.73 Å². The van der Waals surface area contributed by atoms with Gasteiger partial charge in [0.25, 0.3) is 0 Å². The first kappa shape index (κ1) is 13.3. The minimum Gasteiger partial charge on any atom is -0.396 e. The second-order valence-corrected chi connectivity index (χ2v) is 5.70. The molecule has 0 aromatic rings. The average Bonchev–Trinajstić information content (AvgIpc) is 3.11. The molecule has 4 nitrogen and oxygen atoms in total. The third kappa shape index (κ3) is 3.19. The summed E-state index contributed by atoms with van der Waals surface area (Å²) in [7, 11) is 0. The lowest BCUT2D eigenvalue weighted by molar-refractivity contribution is 0.219. The third-order valence-electron chi connectivity index (χ3n) is 4.32. The van der Waals surface area contributed by atoms with E-state index in [1.165, 1.54) is 19.4 Å². The molecule has 1 heterocycles. The van der Waals surface area contributed by atoms with E-state index in [0.29, 0.717) is 12.6 Å². The van der Waals surface area contributed by atoms with Crippen LogP contribution in [-0.4, -0.2) is 53.9 Å². The van der Waals surface area contributed by atoms with Crippen LogP contribution in [0, 0.1) is 0 Å². The standard InChI is InChI=1S/C13H27N3O/c1-2-11(5-8-17)15-13(9-14)6-7-16(10-13)12-3-4-12/h11-12,15,17H,2-10,14H2,1H3. The molecule has 2 fully saturated rings. The number of nitrogens with zero attached hydrogens (tertiary/aromatic N) is 1. The van der Waals surface area contributed by atoms with Gasteiger partial charge in [-0.1, -0.05) is 6.92 Å². The van der Waals surface area contributed by atoms with Gasteiger partial charge in [0.1, 0.15) is 0 Å². The summed E-state index contributed by atoms with van der Waals surface area (Å²) < 4.78 is 0. The highest BCUT2D eigenvalue weighted by atomic mass is 16.3. The quantitative estimate of drug-likeness (QED) is 0.600. The van der Waals surface area contributed by atoms with Crippen LogP contribution in [0.3, 0.4) is 0 Å². The van der Waals surface area contributed by atoms with Crippen molar-refractivity contribution in [3.05, 3.63) is 0 Å². The molecule has 4 heteroatoms. The second-order valence-electron chi connectivity index (χ2n) is 5.70. The van der Waals surface area contributed by atoms with Gasteiger partial charge in [-0.3, -0.25) is 4.90 Å². The van der Waals surface area contributed by atoms with E-state index < -0.39 is 0 Å². The Labute approximate surface area is 105 Å². The summed E-state index contributed by atoms with van der Waals surface area (Å²) in [4.78, 5) is 2.59. The Hall–Kier alpha value is -0.160. The van der Waals surface area contributed by atoms with E-state index in [-0.39, 0.29) is 12.1 Å². The lowest BCUT2D eigenvalue weighted by Crippen LogP contribution is -2.57. The Morgan fingerprint density at radius 2 is 2.29 bits per heavy atom. The number of rotatable bonds is 7. The summed E-state index contributed by atoms with van der Waals surface area (Å²) >= 11 is 0. The molecule has 17 heavy (non-hydrogen) atoms. The van der Waals surface area contributed by atoms with E-state index in [0.717, 1.165) is 31.8 Å². The Morgan fingerprint density at radius 1 is 1.53 bits per heavy atom. The maximum atomic E-state index is 9.07. The van der Waals surface area contributed by atoms with Gasteiger partial charge in [0.05, 0.1) is 0 Å². The fourth-order valence-corrected chi connectivity index (χ4v) is 2.97. The molecule has 2 aliphatic rings. The fourth-order valence-electron chi connectivity index (χ4n) is 2.97. The third-order valence-corrected chi connectivity index (χ3v) is 4.32. The highest BCUT2D eigenvalue weighted by Gasteiger charge is 2.42. The minimum absolute atomic E-state index is 0.0957. The molecule has 100 valence electrons. The van der Waals surface area contributed by atoms with Crippen LogP contribution in [0.1, 0.15) is 39.0 Å². The summed E-state index contributed by atoms with van der Waals surface area (Å²) in [6.07, 6.45) is 5.79. The zero-order valence-electron chi connectivity index (χ0n) is 11.0. The van der Waals surface area contributed by atoms with Gasteiger partial charge in [-0.15, -0.1) is 0 Å². The van der Waals surface area contributed by atoms with E-state index >= 15 is 0 Å². The largest absolute Gasteiger partial charge is 0.396 e. The van der Waals surface area contributed by atoms with Crippen molar-refractivity contribution in [1.29, 1.82) is 0 Å². The highest BCUT2D eigenvalue weighted by molar-refractivity contribution is 5.03. The molecule has 0 aromatic heterocycles. The van der Waals surface area contributed by atoms with Crippen LogP contribution in [0.2, 0.25) is 0 Å². The molecule has 2 unspecified atom stereocenters. The van der Waals surface area contributed by atoms with Crippen LogP contribution in [0.5, 0.6) is 0 Å². The fraction of sp³-hybridized carbons (Fsp3) is 1.00. The zero-order chi connectivity index (χ0) is 12.3. The van der Waals surface area contributed by atoms with Gasteiger partial charge in [-0.25, -0.2) is 0 Å². The van der Waals surface area contributed by atoms with Gasteiger partial charge >= 0.3 is 0 Å². The maximum Gasteiger partial charge on any atom is 0.0447 e.